The number of halogens is 1. The highest BCUT2D eigenvalue weighted by molar-refractivity contribution is 7.34. The molecule has 2 heterocycles. The molecule has 3 aromatic rings. The fraction of sp³-hybridized carbons (Fsp3) is 0.286. The van der Waals surface area contributed by atoms with E-state index in [1.165, 1.54) is 25.0 Å². The first kappa shape index (κ1) is 11.5. The van der Waals surface area contributed by atoms with Gasteiger partial charge in [0.25, 0.3) is 0 Å². The van der Waals surface area contributed by atoms with Gasteiger partial charge in [-0.1, -0.05) is 50.6 Å². The molecule has 0 aliphatic heterocycles. The molecule has 0 atom stereocenters. The predicted octanol–water partition coefficient (Wildman–Crippen LogP) is 6.07. The van der Waals surface area contributed by atoms with Crippen molar-refractivity contribution in [2.45, 2.75) is 26.2 Å². The van der Waals surface area contributed by atoms with E-state index in [1.54, 1.807) is 11.3 Å². The second-order valence-corrected chi connectivity index (χ2v) is 7.93. The number of rotatable bonds is 0. The summed E-state index contributed by atoms with van der Waals surface area (Å²) in [5.41, 5.74) is 1.41. The van der Waals surface area contributed by atoms with Crippen molar-refractivity contribution >= 4 is 53.8 Å². The first-order chi connectivity index (χ1) is 7.98. The van der Waals surface area contributed by atoms with E-state index in [0.717, 1.165) is 4.34 Å². The number of thiophene rings is 2. The maximum absolute atomic E-state index is 6.42. The predicted molar refractivity (Wildman–Crippen MR) is 80.9 cm³/mol. The van der Waals surface area contributed by atoms with Crippen LogP contribution in [0.3, 0.4) is 0 Å². The fourth-order valence-corrected chi connectivity index (χ4v) is 5.73. The standard InChI is InChI=1S/C14H13ClS2/c1-14(2,3)10-12-11(17-13(10)15)8-6-4-5-7-9(8)16-12/h4-7H,1-3H3. The van der Waals surface area contributed by atoms with Gasteiger partial charge in [-0.05, 0) is 11.5 Å². The van der Waals surface area contributed by atoms with E-state index in [4.69, 9.17) is 11.6 Å². The lowest BCUT2D eigenvalue weighted by Gasteiger charge is -2.17. The zero-order valence-electron chi connectivity index (χ0n) is 10.0. The van der Waals surface area contributed by atoms with E-state index in [0.29, 0.717) is 0 Å². The largest absolute Gasteiger partial charge is 0.134 e. The molecule has 0 N–H and O–H groups in total. The van der Waals surface area contributed by atoms with E-state index >= 15 is 0 Å². The highest BCUT2D eigenvalue weighted by Gasteiger charge is 2.25. The van der Waals surface area contributed by atoms with Crippen LogP contribution < -0.4 is 0 Å². The lowest BCUT2D eigenvalue weighted by atomic mass is 9.89. The summed E-state index contributed by atoms with van der Waals surface area (Å²) in [5.74, 6) is 0. The van der Waals surface area contributed by atoms with Crippen molar-refractivity contribution in [3.05, 3.63) is 34.2 Å². The van der Waals surface area contributed by atoms with Crippen LogP contribution in [-0.4, -0.2) is 0 Å². The maximum atomic E-state index is 6.42. The fourth-order valence-electron chi connectivity index (χ4n) is 2.15. The minimum absolute atomic E-state index is 0.107. The summed E-state index contributed by atoms with van der Waals surface area (Å²) in [6, 6.07) is 8.57. The molecular weight excluding hydrogens is 268 g/mol. The van der Waals surface area contributed by atoms with Crippen LogP contribution in [0.1, 0.15) is 26.3 Å². The lowest BCUT2D eigenvalue weighted by molar-refractivity contribution is 0.599. The van der Waals surface area contributed by atoms with Gasteiger partial charge in [0, 0.05) is 15.6 Å². The van der Waals surface area contributed by atoms with Crippen molar-refractivity contribution in [3.63, 3.8) is 0 Å². The van der Waals surface area contributed by atoms with Crippen LogP contribution in [0.15, 0.2) is 24.3 Å². The van der Waals surface area contributed by atoms with Crippen molar-refractivity contribution < 1.29 is 0 Å². The van der Waals surface area contributed by atoms with Gasteiger partial charge in [-0.15, -0.1) is 22.7 Å². The summed E-state index contributed by atoms with van der Waals surface area (Å²) < 4.78 is 5.02. The molecule has 0 radical (unpaired) electrons. The van der Waals surface area contributed by atoms with Crippen LogP contribution in [-0.2, 0) is 5.41 Å². The molecule has 3 heteroatoms. The second kappa shape index (κ2) is 3.71. The Balaban J connectivity index is 2.48. The molecule has 0 saturated heterocycles. The van der Waals surface area contributed by atoms with Gasteiger partial charge in [-0.25, -0.2) is 0 Å². The Labute approximate surface area is 114 Å². The van der Waals surface area contributed by atoms with Gasteiger partial charge in [0.15, 0.2) is 0 Å². The molecule has 0 fully saturated rings. The van der Waals surface area contributed by atoms with Crippen molar-refractivity contribution in [1.29, 1.82) is 0 Å². The zero-order chi connectivity index (χ0) is 12.2. The van der Waals surface area contributed by atoms with Crippen molar-refractivity contribution in [2.24, 2.45) is 0 Å². The van der Waals surface area contributed by atoms with Crippen LogP contribution in [0.4, 0.5) is 0 Å². The summed E-state index contributed by atoms with van der Waals surface area (Å²) in [7, 11) is 0. The molecule has 0 nitrogen and oxygen atoms in total. The Hall–Kier alpha value is -0.570. The van der Waals surface area contributed by atoms with Crippen molar-refractivity contribution in [1.82, 2.24) is 0 Å². The number of hydrogen-bond acceptors (Lipinski definition) is 2. The Morgan fingerprint density at radius 1 is 1.00 bits per heavy atom. The third kappa shape index (κ3) is 1.70. The van der Waals surface area contributed by atoms with Crippen molar-refractivity contribution in [3.8, 4) is 0 Å². The third-order valence-corrected chi connectivity index (χ3v) is 5.66. The summed E-state index contributed by atoms with van der Waals surface area (Å²) in [6.07, 6.45) is 0. The molecule has 3 rings (SSSR count). The Morgan fingerprint density at radius 3 is 2.41 bits per heavy atom. The SMILES string of the molecule is CC(C)(C)c1c(Cl)sc2c1sc1ccccc12. The maximum Gasteiger partial charge on any atom is 0.0986 e. The lowest BCUT2D eigenvalue weighted by Crippen LogP contribution is -2.10. The summed E-state index contributed by atoms with van der Waals surface area (Å²) in [6.45, 7) is 6.68. The normalized spacial score (nSPS) is 12.7. The van der Waals surface area contributed by atoms with Gasteiger partial charge in [0.05, 0.1) is 13.7 Å². The third-order valence-electron chi connectivity index (χ3n) is 2.92. The first-order valence-corrected chi connectivity index (χ1v) is 7.59. The summed E-state index contributed by atoms with van der Waals surface area (Å²) in [5, 5.41) is 1.34. The Kier molecular flexibility index (Phi) is 2.51. The smallest absolute Gasteiger partial charge is 0.0986 e. The minimum atomic E-state index is 0.107. The van der Waals surface area contributed by atoms with Gasteiger partial charge in [0.1, 0.15) is 0 Å². The van der Waals surface area contributed by atoms with Gasteiger partial charge >= 0.3 is 0 Å². The van der Waals surface area contributed by atoms with Crippen LogP contribution in [0.2, 0.25) is 4.34 Å². The molecule has 0 unspecified atom stereocenters. The van der Waals surface area contributed by atoms with E-state index in [-0.39, 0.29) is 5.41 Å². The first-order valence-electron chi connectivity index (χ1n) is 5.58. The molecule has 0 aliphatic carbocycles. The molecule has 0 aliphatic rings. The van der Waals surface area contributed by atoms with Crippen LogP contribution in [0.5, 0.6) is 0 Å². The van der Waals surface area contributed by atoms with Crippen molar-refractivity contribution in [2.75, 3.05) is 0 Å². The molecule has 2 aromatic heterocycles. The number of hydrogen-bond donors (Lipinski definition) is 0. The van der Waals surface area contributed by atoms with Gasteiger partial charge < -0.3 is 0 Å². The molecule has 0 amide bonds. The van der Waals surface area contributed by atoms with Gasteiger partial charge in [-0.2, -0.15) is 0 Å². The Morgan fingerprint density at radius 2 is 1.71 bits per heavy atom. The quantitative estimate of drug-likeness (QED) is 0.469. The van der Waals surface area contributed by atoms with E-state index in [1.807, 2.05) is 11.3 Å². The highest BCUT2D eigenvalue weighted by Crippen LogP contribution is 2.48. The number of fused-ring (bicyclic) bond motifs is 3. The number of benzene rings is 1. The second-order valence-electron chi connectivity index (χ2n) is 5.26. The molecule has 17 heavy (non-hydrogen) atoms. The van der Waals surface area contributed by atoms with Gasteiger partial charge in [-0.3, -0.25) is 0 Å². The van der Waals surface area contributed by atoms with Crippen LogP contribution in [0, 0.1) is 0 Å². The summed E-state index contributed by atoms with van der Waals surface area (Å²) in [4.78, 5) is 0. The van der Waals surface area contributed by atoms with Gasteiger partial charge in [0.2, 0.25) is 0 Å². The molecular formula is C14H13ClS2. The Bertz CT molecular complexity index is 698. The molecule has 0 saturated carbocycles. The van der Waals surface area contributed by atoms with E-state index in [2.05, 4.69) is 45.0 Å². The topological polar surface area (TPSA) is 0 Å². The average Bonchev–Trinajstić information content (AvgIpc) is 2.70. The average molecular weight is 281 g/mol. The molecule has 0 spiro atoms. The minimum Gasteiger partial charge on any atom is -0.134 e. The molecule has 1 aromatic carbocycles. The summed E-state index contributed by atoms with van der Waals surface area (Å²) >= 11 is 10.00. The molecule has 0 bridgehead atoms. The monoisotopic (exact) mass is 280 g/mol. The van der Waals surface area contributed by atoms with Crippen LogP contribution >= 0.6 is 34.3 Å². The van der Waals surface area contributed by atoms with E-state index < -0.39 is 0 Å². The van der Waals surface area contributed by atoms with E-state index in [9.17, 15) is 0 Å². The zero-order valence-corrected chi connectivity index (χ0v) is 12.4. The molecule has 88 valence electrons. The van der Waals surface area contributed by atoms with Crippen LogP contribution in [0.25, 0.3) is 19.5 Å². The highest BCUT2D eigenvalue weighted by atomic mass is 35.5.